The lowest BCUT2D eigenvalue weighted by atomic mass is 10.1. The minimum atomic E-state index is -1.07. The van der Waals surface area contributed by atoms with Crippen LogP contribution in [0.2, 0.25) is 5.02 Å². The summed E-state index contributed by atoms with van der Waals surface area (Å²) >= 11 is 6.17. The van der Waals surface area contributed by atoms with Gasteiger partial charge < -0.3 is 20.5 Å². The zero-order valence-corrected chi connectivity index (χ0v) is 19.3. The molecule has 2 amide bonds. The highest BCUT2D eigenvalue weighted by Crippen LogP contribution is 2.39. The van der Waals surface area contributed by atoms with Crippen molar-refractivity contribution in [3.8, 4) is 11.5 Å². The number of hydrogen-bond donors (Lipinski definition) is 2. The third-order valence-corrected chi connectivity index (χ3v) is 6.06. The molecule has 1 aliphatic rings. The predicted molar refractivity (Wildman–Crippen MR) is 127 cm³/mol. The standard InChI is InChI=1S/C23H23ClN4O6/c1-33-17-10-18(34-2)15(9-14(17)24)26-19(29)11-27-16-6-4-3-5-13(16)22(31)28(23(27)32)20(21(25)30)12-7-8-12/h3-6,9-10,12,20H,7-8,11H2,1-2H3,(H2,25,30)(H,26,29). The number of rotatable bonds is 8. The Morgan fingerprint density at radius 3 is 2.44 bits per heavy atom. The Hall–Kier alpha value is -3.79. The molecule has 1 atom stereocenters. The number of nitrogens with two attached hydrogens (primary N) is 1. The summed E-state index contributed by atoms with van der Waals surface area (Å²) in [6.45, 7) is -0.428. The van der Waals surface area contributed by atoms with Gasteiger partial charge in [-0.25, -0.2) is 9.36 Å². The molecule has 2 aromatic carbocycles. The van der Waals surface area contributed by atoms with Gasteiger partial charge in [0.1, 0.15) is 24.1 Å². The van der Waals surface area contributed by atoms with Crippen LogP contribution in [0.25, 0.3) is 10.9 Å². The van der Waals surface area contributed by atoms with E-state index in [2.05, 4.69) is 5.32 Å². The number of carbonyl (C=O) groups excluding carboxylic acids is 2. The van der Waals surface area contributed by atoms with Crippen LogP contribution in [-0.4, -0.2) is 35.2 Å². The van der Waals surface area contributed by atoms with Gasteiger partial charge in [-0.3, -0.25) is 19.0 Å². The van der Waals surface area contributed by atoms with E-state index in [4.69, 9.17) is 26.8 Å². The maximum atomic E-state index is 13.4. The third kappa shape index (κ3) is 4.24. The number of primary amides is 1. The van der Waals surface area contributed by atoms with E-state index in [1.54, 1.807) is 24.3 Å². The molecule has 3 aromatic rings. The van der Waals surface area contributed by atoms with Crippen LogP contribution in [0.4, 0.5) is 5.69 Å². The Labute approximate surface area is 198 Å². The van der Waals surface area contributed by atoms with Crippen LogP contribution < -0.4 is 31.8 Å². The zero-order valence-electron chi connectivity index (χ0n) is 18.5. The molecule has 1 heterocycles. The number of halogens is 1. The van der Waals surface area contributed by atoms with Crippen LogP contribution in [0.3, 0.4) is 0 Å². The average molecular weight is 487 g/mol. The molecule has 178 valence electrons. The smallest absolute Gasteiger partial charge is 0.332 e. The van der Waals surface area contributed by atoms with Crippen molar-refractivity contribution in [2.24, 2.45) is 11.7 Å². The van der Waals surface area contributed by atoms with Crippen molar-refractivity contribution in [2.75, 3.05) is 19.5 Å². The number of amides is 2. The van der Waals surface area contributed by atoms with Gasteiger partial charge in [-0.15, -0.1) is 0 Å². The number of methoxy groups -OCH3 is 2. The number of aromatic nitrogens is 2. The molecule has 1 aliphatic carbocycles. The number of ether oxygens (including phenoxy) is 2. The molecule has 1 saturated carbocycles. The molecule has 1 fully saturated rings. The molecule has 0 radical (unpaired) electrons. The molecule has 1 unspecified atom stereocenters. The van der Waals surface area contributed by atoms with Gasteiger partial charge in [0.2, 0.25) is 11.8 Å². The van der Waals surface area contributed by atoms with E-state index >= 15 is 0 Å². The summed E-state index contributed by atoms with van der Waals surface area (Å²) < 4.78 is 12.5. The van der Waals surface area contributed by atoms with E-state index in [1.807, 2.05) is 0 Å². The normalized spacial score (nSPS) is 14.0. The number of carbonyl (C=O) groups is 2. The lowest BCUT2D eigenvalue weighted by Crippen LogP contribution is -2.47. The van der Waals surface area contributed by atoms with Crippen molar-refractivity contribution in [3.63, 3.8) is 0 Å². The molecule has 4 rings (SSSR count). The molecule has 3 N–H and O–H groups in total. The highest BCUT2D eigenvalue weighted by atomic mass is 35.5. The molecule has 0 spiro atoms. The van der Waals surface area contributed by atoms with E-state index in [-0.39, 0.29) is 27.5 Å². The number of nitrogens with zero attached hydrogens (tertiary/aromatic N) is 2. The molecular weight excluding hydrogens is 464 g/mol. The van der Waals surface area contributed by atoms with E-state index in [9.17, 15) is 19.2 Å². The minimum absolute atomic E-state index is 0.183. The van der Waals surface area contributed by atoms with Crippen LogP contribution in [-0.2, 0) is 16.1 Å². The highest BCUT2D eigenvalue weighted by molar-refractivity contribution is 6.32. The molecular formula is C23H23ClN4O6. The molecule has 0 saturated heterocycles. The Bertz CT molecular complexity index is 1410. The topological polar surface area (TPSA) is 135 Å². The van der Waals surface area contributed by atoms with E-state index in [0.29, 0.717) is 24.3 Å². The van der Waals surface area contributed by atoms with Crippen molar-refractivity contribution in [1.82, 2.24) is 9.13 Å². The number of para-hydroxylation sites is 1. The molecule has 34 heavy (non-hydrogen) atoms. The first-order valence-electron chi connectivity index (χ1n) is 10.5. The van der Waals surface area contributed by atoms with E-state index in [1.165, 1.54) is 26.4 Å². The fourth-order valence-electron chi connectivity index (χ4n) is 4.01. The maximum absolute atomic E-state index is 13.4. The summed E-state index contributed by atoms with van der Waals surface area (Å²) in [7, 11) is 2.88. The molecule has 10 nitrogen and oxygen atoms in total. The van der Waals surface area contributed by atoms with E-state index in [0.717, 1.165) is 9.13 Å². The van der Waals surface area contributed by atoms with Crippen LogP contribution in [0, 0.1) is 5.92 Å². The predicted octanol–water partition coefficient (Wildman–Crippen LogP) is 1.91. The molecule has 0 aliphatic heterocycles. The summed E-state index contributed by atoms with van der Waals surface area (Å²) in [5.74, 6) is -0.843. The lowest BCUT2D eigenvalue weighted by Gasteiger charge is -2.19. The summed E-state index contributed by atoms with van der Waals surface area (Å²) in [6.07, 6.45) is 1.37. The number of anilines is 1. The third-order valence-electron chi connectivity index (χ3n) is 5.77. The monoisotopic (exact) mass is 486 g/mol. The van der Waals surface area contributed by atoms with Gasteiger partial charge in [-0.05, 0) is 37.0 Å². The summed E-state index contributed by atoms with van der Waals surface area (Å²) in [5.41, 5.74) is 4.70. The SMILES string of the molecule is COc1cc(OC)c(NC(=O)Cn2c(=O)n(C(C(N)=O)C3CC3)c(=O)c3ccccc32)cc1Cl. The molecule has 11 heteroatoms. The summed E-state index contributed by atoms with van der Waals surface area (Å²) in [5, 5.41) is 3.13. The fraction of sp³-hybridized carbons (Fsp3) is 0.304. The summed E-state index contributed by atoms with van der Waals surface area (Å²) in [4.78, 5) is 51.7. The van der Waals surface area contributed by atoms with Crippen molar-refractivity contribution in [3.05, 3.63) is 62.3 Å². The Morgan fingerprint density at radius 2 is 1.82 bits per heavy atom. The van der Waals surface area contributed by atoms with Gasteiger partial charge in [0.15, 0.2) is 0 Å². The Morgan fingerprint density at radius 1 is 1.15 bits per heavy atom. The first-order chi connectivity index (χ1) is 16.3. The van der Waals surface area contributed by atoms with Crippen LogP contribution >= 0.6 is 11.6 Å². The maximum Gasteiger partial charge on any atom is 0.332 e. The van der Waals surface area contributed by atoms with Gasteiger partial charge in [0.05, 0.1) is 35.8 Å². The number of nitrogens with one attached hydrogen (secondary N) is 1. The number of hydrogen-bond acceptors (Lipinski definition) is 6. The molecule has 1 aromatic heterocycles. The second-order valence-electron chi connectivity index (χ2n) is 7.98. The van der Waals surface area contributed by atoms with Crippen molar-refractivity contribution < 1.29 is 19.1 Å². The van der Waals surface area contributed by atoms with Gasteiger partial charge in [0, 0.05) is 6.07 Å². The number of fused-ring (bicyclic) bond motifs is 1. The number of benzene rings is 2. The quantitative estimate of drug-likeness (QED) is 0.499. The highest BCUT2D eigenvalue weighted by Gasteiger charge is 2.39. The zero-order chi connectivity index (χ0) is 24.6. The van der Waals surface area contributed by atoms with Crippen LogP contribution in [0.5, 0.6) is 11.5 Å². The second kappa shape index (κ2) is 9.22. The second-order valence-corrected chi connectivity index (χ2v) is 8.39. The van der Waals surface area contributed by atoms with Gasteiger partial charge in [-0.1, -0.05) is 23.7 Å². The van der Waals surface area contributed by atoms with Crippen molar-refractivity contribution in [1.29, 1.82) is 0 Å². The Balaban J connectivity index is 1.77. The van der Waals surface area contributed by atoms with Crippen LogP contribution in [0.15, 0.2) is 46.0 Å². The largest absolute Gasteiger partial charge is 0.495 e. The van der Waals surface area contributed by atoms with Gasteiger partial charge in [-0.2, -0.15) is 0 Å². The van der Waals surface area contributed by atoms with Crippen molar-refractivity contribution in [2.45, 2.75) is 25.4 Å². The van der Waals surface area contributed by atoms with Crippen LogP contribution in [0.1, 0.15) is 18.9 Å². The molecule has 0 bridgehead atoms. The minimum Gasteiger partial charge on any atom is -0.495 e. The average Bonchev–Trinajstić information content (AvgIpc) is 3.64. The first kappa shape index (κ1) is 23.4. The van der Waals surface area contributed by atoms with Crippen molar-refractivity contribution >= 4 is 40.0 Å². The fourth-order valence-corrected chi connectivity index (χ4v) is 4.25. The summed E-state index contributed by atoms with van der Waals surface area (Å²) in [6, 6.07) is 8.32. The van der Waals surface area contributed by atoms with E-state index < -0.39 is 35.6 Å². The van der Waals surface area contributed by atoms with Gasteiger partial charge in [0.25, 0.3) is 5.56 Å². The Kier molecular flexibility index (Phi) is 6.34. The first-order valence-corrected chi connectivity index (χ1v) is 10.9. The van der Waals surface area contributed by atoms with Gasteiger partial charge >= 0.3 is 5.69 Å². The lowest BCUT2D eigenvalue weighted by molar-refractivity contribution is -0.121.